The van der Waals surface area contributed by atoms with Crippen LogP contribution in [0.4, 0.5) is 0 Å². The molecule has 1 aromatic heterocycles. The maximum atomic E-state index is 13.0. The minimum absolute atomic E-state index is 0.149. The molecule has 2 aromatic rings. The molecule has 11 nitrogen and oxygen atoms in total. The van der Waals surface area contributed by atoms with Crippen LogP contribution in [0.5, 0.6) is 0 Å². The van der Waals surface area contributed by atoms with E-state index in [-0.39, 0.29) is 18.8 Å². The van der Waals surface area contributed by atoms with Gasteiger partial charge in [0, 0.05) is 24.7 Å². The van der Waals surface area contributed by atoms with Gasteiger partial charge in [0.25, 0.3) is 0 Å². The number of imidazole rings is 1. The second-order valence-corrected chi connectivity index (χ2v) is 7.98. The number of benzene rings is 1. The summed E-state index contributed by atoms with van der Waals surface area (Å²) in [4.78, 5) is 55.8. The number of carboxylic acid groups (broad SMARTS) is 1. The molecule has 0 fully saturated rings. The number of H-pyrrole nitrogens is 1. The van der Waals surface area contributed by atoms with Crippen molar-refractivity contribution in [2.24, 2.45) is 11.7 Å². The normalized spacial score (nSPS) is 13.6. The fourth-order valence-corrected chi connectivity index (χ4v) is 3.13. The van der Waals surface area contributed by atoms with E-state index in [2.05, 4.69) is 25.9 Å². The number of amides is 3. The molecule has 0 aliphatic heterocycles. The summed E-state index contributed by atoms with van der Waals surface area (Å²) in [6.45, 7) is 2.93. The third kappa shape index (κ3) is 8.37. The van der Waals surface area contributed by atoms with Crippen LogP contribution in [0.2, 0.25) is 0 Å². The highest BCUT2D eigenvalue weighted by Crippen LogP contribution is 2.08. The summed E-state index contributed by atoms with van der Waals surface area (Å²) >= 11 is 0. The Morgan fingerprint density at radius 3 is 2.30 bits per heavy atom. The topological polar surface area (TPSA) is 179 Å². The monoisotopic (exact) mass is 458 g/mol. The van der Waals surface area contributed by atoms with E-state index in [9.17, 15) is 19.2 Å². The number of carboxylic acids is 1. The van der Waals surface area contributed by atoms with Crippen LogP contribution in [0.1, 0.15) is 25.1 Å². The Kier molecular flexibility index (Phi) is 9.55. The van der Waals surface area contributed by atoms with Gasteiger partial charge in [0.1, 0.15) is 18.6 Å². The molecule has 11 heteroatoms. The lowest BCUT2D eigenvalue weighted by atomic mass is 10.00. The molecule has 0 saturated carbocycles. The van der Waals surface area contributed by atoms with E-state index in [1.54, 1.807) is 44.3 Å². The van der Waals surface area contributed by atoms with Crippen LogP contribution in [0, 0.1) is 5.92 Å². The van der Waals surface area contributed by atoms with Crippen molar-refractivity contribution in [2.75, 3.05) is 6.54 Å². The van der Waals surface area contributed by atoms with Gasteiger partial charge in [-0.05, 0) is 11.5 Å². The highest BCUT2D eigenvalue weighted by atomic mass is 16.4. The molecule has 3 atom stereocenters. The summed E-state index contributed by atoms with van der Waals surface area (Å²) in [5, 5.41) is 16.4. The summed E-state index contributed by atoms with van der Waals surface area (Å²) < 4.78 is 0. The Bertz CT molecular complexity index is 932. The van der Waals surface area contributed by atoms with Gasteiger partial charge in [-0.2, -0.15) is 0 Å². The van der Waals surface area contributed by atoms with Gasteiger partial charge in [-0.25, -0.2) is 4.98 Å². The van der Waals surface area contributed by atoms with Crippen LogP contribution in [0.15, 0.2) is 42.9 Å². The van der Waals surface area contributed by atoms with Gasteiger partial charge in [0.2, 0.25) is 17.7 Å². The molecule has 0 spiro atoms. The smallest absolute Gasteiger partial charge is 0.322 e. The SMILES string of the molecule is CC(C)C(NC(=O)C(N)Cc1cnc[nH]1)C(=O)NC(Cc1ccccc1)C(=O)NCC(=O)O. The van der Waals surface area contributed by atoms with Crippen molar-refractivity contribution in [1.29, 1.82) is 0 Å². The predicted octanol–water partition coefficient (Wildman–Crippen LogP) is -0.651. The third-order valence-corrected chi connectivity index (χ3v) is 4.91. The Labute approximate surface area is 191 Å². The fraction of sp³-hybridized carbons (Fsp3) is 0.409. The zero-order valence-electron chi connectivity index (χ0n) is 18.6. The molecular formula is C22H30N6O5. The number of nitrogens with zero attached hydrogens (tertiary/aromatic N) is 1. The minimum atomic E-state index is -1.20. The largest absolute Gasteiger partial charge is 0.480 e. The van der Waals surface area contributed by atoms with E-state index >= 15 is 0 Å². The number of aromatic nitrogens is 2. The Morgan fingerprint density at radius 1 is 1.03 bits per heavy atom. The fourth-order valence-electron chi connectivity index (χ4n) is 3.13. The molecule has 0 bridgehead atoms. The summed E-state index contributed by atoms with van der Waals surface area (Å²) in [7, 11) is 0. The van der Waals surface area contributed by atoms with Crippen LogP contribution in [-0.4, -0.2) is 63.4 Å². The molecule has 1 aromatic carbocycles. The zero-order chi connectivity index (χ0) is 24.4. The molecule has 3 amide bonds. The number of aliphatic carboxylic acids is 1. The van der Waals surface area contributed by atoms with Crippen molar-refractivity contribution in [1.82, 2.24) is 25.9 Å². The van der Waals surface area contributed by atoms with Crippen molar-refractivity contribution >= 4 is 23.7 Å². The average Bonchev–Trinajstić information content (AvgIpc) is 3.28. The third-order valence-electron chi connectivity index (χ3n) is 4.91. The maximum absolute atomic E-state index is 13.0. The molecule has 3 unspecified atom stereocenters. The van der Waals surface area contributed by atoms with E-state index in [1.165, 1.54) is 6.33 Å². The van der Waals surface area contributed by atoms with Crippen molar-refractivity contribution in [2.45, 2.75) is 44.8 Å². The van der Waals surface area contributed by atoms with Crippen LogP contribution in [0.3, 0.4) is 0 Å². The first kappa shape index (κ1) is 25.5. The highest BCUT2D eigenvalue weighted by molar-refractivity contribution is 5.94. The van der Waals surface area contributed by atoms with Gasteiger partial charge >= 0.3 is 5.97 Å². The first-order chi connectivity index (χ1) is 15.7. The second kappa shape index (κ2) is 12.3. The molecule has 178 valence electrons. The highest BCUT2D eigenvalue weighted by Gasteiger charge is 2.30. The van der Waals surface area contributed by atoms with Crippen molar-refractivity contribution < 1.29 is 24.3 Å². The van der Waals surface area contributed by atoms with E-state index in [0.717, 1.165) is 5.56 Å². The number of nitrogens with two attached hydrogens (primary N) is 1. The van der Waals surface area contributed by atoms with E-state index in [1.807, 2.05) is 6.07 Å². The van der Waals surface area contributed by atoms with Crippen molar-refractivity contribution in [3.05, 3.63) is 54.1 Å². The first-order valence-electron chi connectivity index (χ1n) is 10.5. The van der Waals surface area contributed by atoms with E-state index in [0.29, 0.717) is 5.69 Å². The van der Waals surface area contributed by atoms with Crippen LogP contribution in [0.25, 0.3) is 0 Å². The molecule has 1 heterocycles. The Balaban J connectivity index is 2.09. The lowest BCUT2D eigenvalue weighted by Gasteiger charge is -2.26. The average molecular weight is 459 g/mol. The van der Waals surface area contributed by atoms with Crippen molar-refractivity contribution in [3.63, 3.8) is 0 Å². The quantitative estimate of drug-likeness (QED) is 0.244. The van der Waals surface area contributed by atoms with Crippen molar-refractivity contribution in [3.8, 4) is 0 Å². The lowest BCUT2D eigenvalue weighted by Crippen LogP contribution is -2.58. The molecule has 0 aliphatic carbocycles. The van der Waals surface area contributed by atoms with E-state index in [4.69, 9.17) is 10.8 Å². The van der Waals surface area contributed by atoms with Gasteiger partial charge in [-0.15, -0.1) is 0 Å². The molecule has 33 heavy (non-hydrogen) atoms. The lowest BCUT2D eigenvalue weighted by molar-refractivity contribution is -0.138. The molecule has 0 radical (unpaired) electrons. The number of carbonyl (C=O) groups excluding carboxylic acids is 3. The molecule has 2 rings (SSSR count). The number of aromatic amines is 1. The molecule has 0 saturated heterocycles. The van der Waals surface area contributed by atoms with E-state index < -0.39 is 48.4 Å². The van der Waals surface area contributed by atoms with Crippen LogP contribution < -0.4 is 21.7 Å². The summed E-state index contributed by atoms with van der Waals surface area (Å²) in [6, 6.07) is 6.10. The van der Waals surface area contributed by atoms with Gasteiger partial charge in [0.15, 0.2) is 0 Å². The number of nitrogens with one attached hydrogen (secondary N) is 4. The minimum Gasteiger partial charge on any atom is -0.480 e. The van der Waals surface area contributed by atoms with Gasteiger partial charge in [-0.3, -0.25) is 19.2 Å². The van der Waals surface area contributed by atoms with Crippen LogP contribution >= 0.6 is 0 Å². The Hall–Kier alpha value is -3.73. The zero-order valence-corrected chi connectivity index (χ0v) is 18.6. The molecule has 0 aliphatic rings. The molecular weight excluding hydrogens is 428 g/mol. The van der Waals surface area contributed by atoms with Gasteiger partial charge in [0.05, 0.1) is 12.4 Å². The summed E-state index contributed by atoms with van der Waals surface area (Å²) in [5.41, 5.74) is 7.42. The van der Waals surface area contributed by atoms with Gasteiger partial charge in [-0.1, -0.05) is 44.2 Å². The maximum Gasteiger partial charge on any atom is 0.322 e. The summed E-state index contributed by atoms with van der Waals surface area (Å²) in [5.74, 6) is -3.23. The predicted molar refractivity (Wildman–Crippen MR) is 120 cm³/mol. The van der Waals surface area contributed by atoms with Crippen LogP contribution in [-0.2, 0) is 32.0 Å². The summed E-state index contributed by atoms with van der Waals surface area (Å²) in [6.07, 6.45) is 3.40. The number of hydrogen-bond acceptors (Lipinski definition) is 6. The number of carbonyl (C=O) groups is 4. The first-order valence-corrected chi connectivity index (χ1v) is 10.5. The Morgan fingerprint density at radius 2 is 1.73 bits per heavy atom. The number of hydrogen-bond donors (Lipinski definition) is 6. The number of rotatable bonds is 12. The molecule has 7 N–H and O–H groups in total. The standard InChI is InChI=1S/C22H30N6O5/c1-13(2)19(28-20(31)16(23)9-15-10-24-12-26-15)22(33)27-17(21(32)25-11-18(29)30)8-14-6-4-3-5-7-14/h3-7,10,12-13,16-17,19H,8-9,11,23H2,1-2H3,(H,24,26)(H,25,32)(H,27,33)(H,28,31)(H,29,30). The second-order valence-electron chi connectivity index (χ2n) is 7.98. The van der Waals surface area contributed by atoms with Gasteiger partial charge < -0.3 is 31.8 Å².